The summed E-state index contributed by atoms with van der Waals surface area (Å²) in [4.78, 5) is 38.9. The third-order valence-corrected chi connectivity index (χ3v) is 8.22. The maximum atomic E-state index is 14.1. The van der Waals surface area contributed by atoms with Gasteiger partial charge in [-0.15, -0.1) is 0 Å². The zero-order chi connectivity index (χ0) is 27.0. The summed E-state index contributed by atoms with van der Waals surface area (Å²) in [6.45, 7) is 6.88. The molecule has 0 radical (unpaired) electrons. The monoisotopic (exact) mass is 507 g/mol. The van der Waals surface area contributed by atoms with Gasteiger partial charge >= 0.3 is 11.9 Å². The zero-order valence-electron chi connectivity index (χ0n) is 21.9. The van der Waals surface area contributed by atoms with Gasteiger partial charge in [-0.2, -0.15) is 0 Å². The lowest BCUT2D eigenvalue weighted by Crippen LogP contribution is -2.55. The summed E-state index contributed by atoms with van der Waals surface area (Å²) in [6.07, 6.45) is 9.44. The number of allylic oxidation sites excluding steroid dienone is 3. The summed E-state index contributed by atoms with van der Waals surface area (Å²) in [5, 5.41) is 24.4. The van der Waals surface area contributed by atoms with Crippen LogP contribution in [0.3, 0.4) is 0 Å². The number of carbonyl (C=O) groups excluding carboxylic acids is 2. The summed E-state index contributed by atoms with van der Waals surface area (Å²) in [5.74, 6) is -3.30. The first-order chi connectivity index (χ1) is 17.5. The van der Waals surface area contributed by atoms with Gasteiger partial charge in [0.2, 0.25) is 5.91 Å². The van der Waals surface area contributed by atoms with Gasteiger partial charge < -0.3 is 20.3 Å². The molecule has 0 saturated carbocycles. The molecular weight excluding hydrogens is 470 g/mol. The molecule has 7 nitrogen and oxygen atoms in total. The van der Waals surface area contributed by atoms with E-state index in [4.69, 9.17) is 4.74 Å². The fourth-order valence-electron chi connectivity index (χ4n) is 6.80. The molecule has 8 atom stereocenters. The maximum absolute atomic E-state index is 14.1. The number of rotatable bonds is 4. The van der Waals surface area contributed by atoms with Gasteiger partial charge in [0.15, 0.2) is 0 Å². The van der Waals surface area contributed by atoms with Crippen LogP contribution in [0.5, 0.6) is 0 Å². The molecule has 1 heterocycles. The fourth-order valence-corrected chi connectivity index (χ4v) is 6.80. The predicted octanol–water partition coefficient (Wildman–Crippen LogP) is 3.83. The van der Waals surface area contributed by atoms with Crippen LogP contribution in [-0.2, 0) is 25.5 Å². The Hall–Kier alpha value is -3.19. The second-order valence-corrected chi connectivity index (χ2v) is 11.2. The van der Waals surface area contributed by atoms with Crippen molar-refractivity contribution in [3.63, 3.8) is 0 Å². The Morgan fingerprint density at radius 1 is 1.16 bits per heavy atom. The Kier molecular flexibility index (Phi) is 7.47. The molecule has 1 saturated heterocycles. The van der Waals surface area contributed by atoms with Crippen molar-refractivity contribution >= 4 is 17.8 Å². The summed E-state index contributed by atoms with van der Waals surface area (Å²) in [5.41, 5.74) is -1.17. The number of nitrogens with one attached hydrogen (secondary N) is 1. The van der Waals surface area contributed by atoms with E-state index in [1.54, 1.807) is 25.2 Å². The molecule has 3 N–H and O–H groups in total. The number of carboxylic acid groups (broad SMARTS) is 1. The first-order valence-electron chi connectivity index (χ1n) is 13.0. The highest BCUT2D eigenvalue weighted by Gasteiger charge is 2.66. The molecule has 3 aliphatic rings. The number of carboxylic acids is 1. The number of carbonyl (C=O) groups is 3. The molecule has 1 fully saturated rings. The van der Waals surface area contributed by atoms with Gasteiger partial charge in [0.1, 0.15) is 11.5 Å². The lowest BCUT2D eigenvalue weighted by atomic mass is 9.54. The van der Waals surface area contributed by atoms with E-state index in [9.17, 15) is 24.6 Å². The molecule has 4 rings (SSSR count). The Labute approximate surface area is 218 Å². The largest absolute Gasteiger partial charge is 0.478 e. The normalized spacial score (nSPS) is 37.4. The standard InChI is InChI=1S/C30H37NO6/c1-18-9-8-12-22-16-23(27(33)34)19(2)26-24(15-21-10-6-5-7-11-21)31-28(35)30(22,26)25(37-20(3)32)13-14-29(4,36)17-18/h5-8,10-14,16,18-19,22,24-26,36H,9,15,17H2,1-4H3,(H,31,35)(H,33,34). The van der Waals surface area contributed by atoms with Crippen LogP contribution in [0, 0.1) is 29.1 Å². The number of aliphatic hydroxyl groups is 1. The van der Waals surface area contributed by atoms with Crippen LogP contribution >= 0.6 is 0 Å². The van der Waals surface area contributed by atoms with E-state index in [1.165, 1.54) is 6.92 Å². The van der Waals surface area contributed by atoms with Gasteiger partial charge in [-0.05, 0) is 49.7 Å². The first kappa shape index (κ1) is 26.9. The molecule has 198 valence electrons. The number of hydrogen-bond donors (Lipinski definition) is 3. The van der Waals surface area contributed by atoms with Gasteiger partial charge in [0.05, 0.1) is 5.60 Å². The molecule has 8 unspecified atom stereocenters. The third kappa shape index (κ3) is 5.14. The van der Waals surface area contributed by atoms with Crippen molar-refractivity contribution in [2.45, 2.75) is 64.7 Å². The molecule has 1 aromatic carbocycles. The average Bonchev–Trinajstić information content (AvgIpc) is 3.10. The summed E-state index contributed by atoms with van der Waals surface area (Å²) in [7, 11) is 0. The van der Waals surface area contributed by atoms with Crippen molar-refractivity contribution in [3.8, 4) is 0 Å². The number of hydrogen-bond acceptors (Lipinski definition) is 5. The van der Waals surface area contributed by atoms with Gasteiger partial charge in [0.25, 0.3) is 0 Å². The smallest absolute Gasteiger partial charge is 0.331 e. The van der Waals surface area contributed by atoms with Crippen molar-refractivity contribution in [2.75, 3.05) is 0 Å². The topological polar surface area (TPSA) is 113 Å². The van der Waals surface area contributed by atoms with E-state index in [2.05, 4.69) is 5.32 Å². The number of benzene rings is 1. The second kappa shape index (κ2) is 10.3. The van der Waals surface area contributed by atoms with Crippen molar-refractivity contribution < 1.29 is 29.3 Å². The molecule has 7 heteroatoms. The van der Waals surface area contributed by atoms with Crippen molar-refractivity contribution in [3.05, 3.63) is 71.8 Å². The minimum Gasteiger partial charge on any atom is -0.478 e. The molecule has 37 heavy (non-hydrogen) atoms. The van der Waals surface area contributed by atoms with E-state index >= 15 is 0 Å². The van der Waals surface area contributed by atoms with Gasteiger partial charge in [-0.3, -0.25) is 9.59 Å². The minimum absolute atomic E-state index is 0.140. The predicted molar refractivity (Wildman–Crippen MR) is 139 cm³/mol. The van der Waals surface area contributed by atoms with Gasteiger partial charge in [-0.25, -0.2) is 4.79 Å². The van der Waals surface area contributed by atoms with E-state index in [-0.39, 0.29) is 23.4 Å². The Morgan fingerprint density at radius 3 is 2.51 bits per heavy atom. The van der Waals surface area contributed by atoms with Gasteiger partial charge in [0, 0.05) is 30.4 Å². The number of ether oxygens (including phenoxy) is 1. The highest BCUT2D eigenvalue weighted by atomic mass is 16.5. The lowest BCUT2D eigenvalue weighted by Gasteiger charge is -2.48. The average molecular weight is 508 g/mol. The molecule has 0 bridgehead atoms. The third-order valence-electron chi connectivity index (χ3n) is 8.22. The van der Waals surface area contributed by atoms with Crippen molar-refractivity contribution in [2.24, 2.45) is 29.1 Å². The Morgan fingerprint density at radius 2 is 1.86 bits per heavy atom. The van der Waals surface area contributed by atoms with E-state index in [1.807, 2.05) is 56.3 Å². The molecule has 2 aliphatic carbocycles. The Bertz CT molecular complexity index is 1140. The molecule has 1 amide bonds. The molecule has 1 aromatic rings. The van der Waals surface area contributed by atoms with E-state index < -0.39 is 46.8 Å². The minimum atomic E-state index is -1.28. The second-order valence-electron chi connectivity index (χ2n) is 11.2. The fraction of sp³-hybridized carbons (Fsp3) is 0.500. The van der Waals surface area contributed by atoms with Crippen LogP contribution in [0.2, 0.25) is 0 Å². The summed E-state index contributed by atoms with van der Waals surface area (Å²) in [6, 6.07) is 9.37. The Balaban J connectivity index is 1.95. The molecule has 0 aromatic heterocycles. The molecule has 1 spiro atoms. The van der Waals surface area contributed by atoms with Gasteiger partial charge in [-0.1, -0.05) is 68.5 Å². The summed E-state index contributed by atoms with van der Waals surface area (Å²) < 4.78 is 5.86. The highest BCUT2D eigenvalue weighted by molar-refractivity contribution is 5.93. The SMILES string of the molecule is CC(=O)OC1C=CC(C)(O)CC(C)CC=CC2C=C(C(=O)O)C(C)C3C(Cc4ccccc4)NC(=O)C213. The zero-order valence-corrected chi connectivity index (χ0v) is 21.9. The van der Waals surface area contributed by atoms with Crippen molar-refractivity contribution in [1.82, 2.24) is 5.32 Å². The number of amides is 1. The highest BCUT2D eigenvalue weighted by Crippen LogP contribution is 2.57. The lowest BCUT2D eigenvalue weighted by molar-refractivity contribution is -0.160. The van der Waals surface area contributed by atoms with Crippen LogP contribution in [0.4, 0.5) is 0 Å². The molecular formula is C30H37NO6. The number of esters is 1. The maximum Gasteiger partial charge on any atom is 0.331 e. The van der Waals surface area contributed by atoms with Crippen LogP contribution in [-0.4, -0.2) is 45.8 Å². The van der Waals surface area contributed by atoms with Crippen LogP contribution in [0.1, 0.15) is 46.1 Å². The molecule has 1 aliphatic heterocycles. The summed E-state index contributed by atoms with van der Waals surface area (Å²) >= 11 is 0. The van der Waals surface area contributed by atoms with Crippen molar-refractivity contribution in [1.29, 1.82) is 0 Å². The van der Waals surface area contributed by atoms with E-state index in [0.29, 0.717) is 19.3 Å². The van der Waals surface area contributed by atoms with Crippen LogP contribution < -0.4 is 5.32 Å². The van der Waals surface area contributed by atoms with Crippen LogP contribution in [0.15, 0.2) is 66.3 Å². The number of aliphatic carboxylic acids is 1. The first-order valence-corrected chi connectivity index (χ1v) is 13.0. The van der Waals surface area contributed by atoms with E-state index in [0.717, 1.165) is 5.56 Å². The van der Waals surface area contributed by atoms with Crippen LogP contribution in [0.25, 0.3) is 0 Å². The quantitative estimate of drug-likeness (QED) is 0.422.